The normalized spacial score (nSPS) is 24.0. The standard InChI is InChI=1S/C10H18N2O2/c1-11-10(14)5-3-7-12-6-2-4-9(13)8-12/h3,5,9,13H,2,4,6-8H2,1H3,(H,11,14)/b5-3+. The number of aliphatic hydroxyl groups excluding tert-OH is 1. The van der Waals surface area contributed by atoms with Gasteiger partial charge < -0.3 is 10.4 Å². The molecule has 0 saturated carbocycles. The first-order valence-electron chi connectivity index (χ1n) is 5.01. The van der Waals surface area contributed by atoms with Crippen molar-refractivity contribution in [3.63, 3.8) is 0 Å². The maximum Gasteiger partial charge on any atom is 0.243 e. The second-order valence-electron chi connectivity index (χ2n) is 3.57. The van der Waals surface area contributed by atoms with Crippen LogP contribution in [-0.2, 0) is 4.79 Å². The van der Waals surface area contributed by atoms with Crippen LogP contribution < -0.4 is 5.32 Å². The number of hydrogen-bond acceptors (Lipinski definition) is 3. The summed E-state index contributed by atoms with van der Waals surface area (Å²) in [6.07, 6.45) is 5.10. The monoisotopic (exact) mass is 198 g/mol. The molecule has 1 unspecified atom stereocenters. The molecule has 2 N–H and O–H groups in total. The third-order valence-electron chi connectivity index (χ3n) is 2.36. The van der Waals surface area contributed by atoms with Crippen molar-refractivity contribution in [3.05, 3.63) is 12.2 Å². The van der Waals surface area contributed by atoms with Crippen molar-refractivity contribution in [2.45, 2.75) is 18.9 Å². The summed E-state index contributed by atoms with van der Waals surface area (Å²) >= 11 is 0. The Morgan fingerprint density at radius 1 is 1.71 bits per heavy atom. The smallest absolute Gasteiger partial charge is 0.243 e. The quantitative estimate of drug-likeness (QED) is 0.615. The molecule has 1 atom stereocenters. The molecule has 1 heterocycles. The summed E-state index contributed by atoms with van der Waals surface area (Å²) in [5.41, 5.74) is 0. The Balaban J connectivity index is 2.23. The van der Waals surface area contributed by atoms with Crippen LogP contribution in [0.5, 0.6) is 0 Å². The summed E-state index contributed by atoms with van der Waals surface area (Å²) in [5.74, 6) is -0.0810. The van der Waals surface area contributed by atoms with Gasteiger partial charge in [0.2, 0.25) is 5.91 Å². The van der Waals surface area contributed by atoms with Gasteiger partial charge in [-0.15, -0.1) is 0 Å². The van der Waals surface area contributed by atoms with Crippen molar-refractivity contribution < 1.29 is 9.90 Å². The minimum Gasteiger partial charge on any atom is -0.392 e. The largest absolute Gasteiger partial charge is 0.392 e. The molecule has 0 aromatic heterocycles. The molecule has 14 heavy (non-hydrogen) atoms. The summed E-state index contributed by atoms with van der Waals surface area (Å²) in [6, 6.07) is 0. The fourth-order valence-corrected chi connectivity index (χ4v) is 1.59. The molecule has 1 aliphatic rings. The lowest BCUT2D eigenvalue weighted by Gasteiger charge is -2.28. The zero-order valence-corrected chi connectivity index (χ0v) is 8.57. The van der Waals surface area contributed by atoms with E-state index in [9.17, 15) is 9.90 Å². The van der Waals surface area contributed by atoms with Crippen LogP contribution in [0, 0.1) is 0 Å². The van der Waals surface area contributed by atoms with E-state index in [0.29, 0.717) is 0 Å². The van der Waals surface area contributed by atoms with Gasteiger partial charge in [0.15, 0.2) is 0 Å². The van der Waals surface area contributed by atoms with Gasteiger partial charge in [0.05, 0.1) is 6.10 Å². The summed E-state index contributed by atoms with van der Waals surface area (Å²) in [4.78, 5) is 13.0. The highest BCUT2D eigenvalue weighted by molar-refractivity contribution is 5.87. The van der Waals surface area contributed by atoms with Crippen LogP contribution in [0.4, 0.5) is 0 Å². The van der Waals surface area contributed by atoms with Gasteiger partial charge in [-0.2, -0.15) is 0 Å². The molecule has 4 nitrogen and oxygen atoms in total. The molecule has 4 heteroatoms. The molecule has 0 bridgehead atoms. The number of β-amino-alcohol motifs (C(OH)–C–C–N with tert-alkyl or cyclic N) is 1. The van der Waals surface area contributed by atoms with Crippen LogP contribution in [0.1, 0.15) is 12.8 Å². The predicted molar refractivity (Wildman–Crippen MR) is 54.9 cm³/mol. The SMILES string of the molecule is CNC(=O)/C=C/CN1CCCC(O)C1. The number of likely N-dealkylation sites (N-methyl/N-ethyl adjacent to an activating group) is 1. The van der Waals surface area contributed by atoms with Gasteiger partial charge in [-0.05, 0) is 19.4 Å². The molecule has 0 aromatic carbocycles. The van der Waals surface area contributed by atoms with E-state index >= 15 is 0 Å². The Hall–Kier alpha value is -0.870. The van der Waals surface area contributed by atoms with Crippen LogP contribution in [0.15, 0.2) is 12.2 Å². The number of aliphatic hydroxyl groups is 1. The van der Waals surface area contributed by atoms with Gasteiger partial charge in [-0.1, -0.05) is 6.08 Å². The minimum absolute atomic E-state index is 0.0810. The van der Waals surface area contributed by atoms with Crippen LogP contribution in [-0.4, -0.2) is 48.7 Å². The highest BCUT2D eigenvalue weighted by atomic mass is 16.3. The molecule has 80 valence electrons. The topological polar surface area (TPSA) is 52.6 Å². The maximum absolute atomic E-state index is 10.9. The minimum atomic E-state index is -0.197. The Kier molecular flexibility index (Phi) is 4.62. The summed E-state index contributed by atoms with van der Waals surface area (Å²) in [5, 5.41) is 11.9. The van der Waals surface area contributed by atoms with Gasteiger partial charge in [0.1, 0.15) is 0 Å². The summed E-state index contributed by atoms with van der Waals surface area (Å²) in [6.45, 7) is 2.47. The molecule has 1 fully saturated rings. The van der Waals surface area contributed by atoms with E-state index in [1.165, 1.54) is 6.08 Å². The first-order chi connectivity index (χ1) is 6.72. The Morgan fingerprint density at radius 3 is 3.14 bits per heavy atom. The van der Waals surface area contributed by atoms with Crippen LogP contribution in [0.2, 0.25) is 0 Å². The first kappa shape index (κ1) is 11.2. The lowest BCUT2D eigenvalue weighted by Crippen LogP contribution is -2.38. The summed E-state index contributed by atoms with van der Waals surface area (Å²) < 4.78 is 0. The first-order valence-corrected chi connectivity index (χ1v) is 5.01. The van der Waals surface area contributed by atoms with Gasteiger partial charge in [-0.3, -0.25) is 9.69 Å². The van der Waals surface area contributed by atoms with E-state index in [4.69, 9.17) is 0 Å². The molecule has 0 aromatic rings. The molecule has 0 radical (unpaired) electrons. The number of likely N-dealkylation sites (tertiary alicyclic amines) is 1. The number of nitrogens with one attached hydrogen (secondary N) is 1. The number of amides is 1. The highest BCUT2D eigenvalue weighted by Crippen LogP contribution is 2.08. The lowest BCUT2D eigenvalue weighted by molar-refractivity contribution is -0.116. The maximum atomic E-state index is 10.9. The second-order valence-corrected chi connectivity index (χ2v) is 3.57. The molecule has 1 aliphatic heterocycles. The average molecular weight is 198 g/mol. The van der Waals surface area contributed by atoms with Crippen LogP contribution >= 0.6 is 0 Å². The number of piperidine rings is 1. The van der Waals surface area contributed by atoms with Gasteiger partial charge >= 0.3 is 0 Å². The Bertz CT molecular complexity index is 216. The summed E-state index contributed by atoms with van der Waals surface area (Å²) in [7, 11) is 1.61. The van der Waals surface area contributed by atoms with E-state index in [2.05, 4.69) is 10.2 Å². The third-order valence-corrected chi connectivity index (χ3v) is 2.36. The fourth-order valence-electron chi connectivity index (χ4n) is 1.59. The van der Waals surface area contributed by atoms with Crippen molar-refractivity contribution in [3.8, 4) is 0 Å². The second kappa shape index (κ2) is 5.78. The Labute approximate surface area is 84.6 Å². The zero-order valence-electron chi connectivity index (χ0n) is 8.57. The molecule has 0 spiro atoms. The van der Waals surface area contributed by atoms with E-state index in [1.807, 2.05) is 6.08 Å². The van der Waals surface area contributed by atoms with Crippen LogP contribution in [0.3, 0.4) is 0 Å². The van der Waals surface area contributed by atoms with Gasteiger partial charge in [-0.25, -0.2) is 0 Å². The highest BCUT2D eigenvalue weighted by Gasteiger charge is 2.15. The Morgan fingerprint density at radius 2 is 2.50 bits per heavy atom. The van der Waals surface area contributed by atoms with E-state index in [1.54, 1.807) is 7.05 Å². The molecular weight excluding hydrogens is 180 g/mol. The number of nitrogens with zero attached hydrogens (tertiary/aromatic N) is 1. The van der Waals surface area contributed by atoms with Gasteiger partial charge in [0.25, 0.3) is 0 Å². The number of hydrogen-bond donors (Lipinski definition) is 2. The third kappa shape index (κ3) is 3.89. The van der Waals surface area contributed by atoms with E-state index in [-0.39, 0.29) is 12.0 Å². The number of carbonyl (C=O) groups is 1. The molecule has 1 rings (SSSR count). The predicted octanol–water partition coefficient (Wildman–Crippen LogP) is -0.255. The number of rotatable bonds is 3. The zero-order chi connectivity index (χ0) is 10.4. The fraction of sp³-hybridized carbons (Fsp3) is 0.700. The number of carbonyl (C=O) groups excluding carboxylic acids is 1. The van der Waals surface area contributed by atoms with Gasteiger partial charge in [0, 0.05) is 26.2 Å². The average Bonchev–Trinajstić information content (AvgIpc) is 2.17. The molecular formula is C10H18N2O2. The van der Waals surface area contributed by atoms with Crippen molar-refractivity contribution in [1.82, 2.24) is 10.2 Å². The van der Waals surface area contributed by atoms with Crippen molar-refractivity contribution in [2.24, 2.45) is 0 Å². The van der Waals surface area contributed by atoms with Crippen LogP contribution in [0.25, 0.3) is 0 Å². The van der Waals surface area contributed by atoms with E-state index in [0.717, 1.165) is 32.5 Å². The van der Waals surface area contributed by atoms with Crippen molar-refractivity contribution in [1.29, 1.82) is 0 Å². The van der Waals surface area contributed by atoms with Crippen molar-refractivity contribution >= 4 is 5.91 Å². The molecule has 1 amide bonds. The van der Waals surface area contributed by atoms with E-state index < -0.39 is 0 Å². The lowest BCUT2D eigenvalue weighted by atomic mass is 10.1. The molecule has 0 aliphatic carbocycles. The molecule has 1 saturated heterocycles. The van der Waals surface area contributed by atoms with Crippen molar-refractivity contribution in [2.75, 3.05) is 26.7 Å².